The molecule has 0 radical (unpaired) electrons. The summed E-state index contributed by atoms with van der Waals surface area (Å²) in [5.41, 5.74) is 4.45. The highest BCUT2D eigenvalue weighted by atomic mass is 16.5. The largest absolute Gasteiger partial charge is 0.494 e. The number of carbonyl (C=O) groups excluding carboxylic acids is 1. The summed E-state index contributed by atoms with van der Waals surface area (Å²) in [6.07, 6.45) is 2.99. The Balaban J connectivity index is 1.39. The lowest BCUT2D eigenvalue weighted by molar-refractivity contribution is -0.0407. The smallest absolute Gasteiger partial charge is 0.322 e. The fraction of sp³-hybridized carbons (Fsp3) is 0.567. The molecular weight excluding hydrogens is 478 g/mol. The SMILES string of the molecule is CCOc1ccc(NC(=O)N2CCN(c3nc(C4CC4)c4c(c3C#N)CC(C)(C)OC4)C[C@H]2C(C)C)cc1. The minimum Gasteiger partial charge on any atom is -0.494 e. The van der Waals surface area contributed by atoms with Gasteiger partial charge in [0.25, 0.3) is 0 Å². The van der Waals surface area contributed by atoms with Gasteiger partial charge in [0.15, 0.2) is 0 Å². The fourth-order valence-electron chi connectivity index (χ4n) is 5.64. The molecule has 0 unspecified atom stereocenters. The second-order valence-corrected chi connectivity index (χ2v) is 11.6. The van der Waals surface area contributed by atoms with Crippen molar-refractivity contribution < 1.29 is 14.3 Å². The number of rotatable bonds is 6. The van der Waals surface area contributed by atoms with E-state index in [1.54, 1.807) is 0 Å². The second kappa shape index (κ2) is 10.5. The zero-order valence-corrected chi connectivity index (χ0v) is 23.2. The van der Waals surface area contributed by atoms with E-state index >= 15 is 0 Å². The molecule has 1 atom stereocenters. The first-order chi connectivity index (χ1) is 18.2. The number of benzene rings is 1. The third-order valence-corrected chi connectivity index (χ3v) is 7.88. The number of ether oxygens (including phenoxy) is 2. The monoisotopic (exact) mass is 517 g/mol. The van der Waals surface area contributed by atoms with E-state index < -0.39 is 0 Å². The molecule has 202 valence electrons. The number of aromatic nitrogens is 1. The summed E-state index contributed by atoms with van der Waals surface area (Å²) in [6, 6.07) is 9.85. The van der Waals surface area contributed by atoms with Crippen LogP contribution in [0, 0.1) is 17.2 Å². The van der Waals surface area contributed by atoms with Crippen LogP contribution >= 0.6 is 0 Å². The topological polar surface area (TPSA) is 90.7 Å². The van der Waals surface area contributed by atoms with Gasteiger partial charge in [-0.3, -0.25) is 0 Å². The summed E-state index contributed by atoms with van der Waals surface area (Å²) in [5, 5.41) is 13.4. The lowest BCUT2D eigenvalue weighted by Gasteiger charge is -2.44. The number of carbonyl (C=O) groups is 1. The van der Waals surface area contributed by atoms with Crippen molar-refractivity contribution in [1.82, 2.24) is 9.88 Å². The highest BCUT2D eigenvalue weighted by Gasteiger charge is 2.39. The molecule has 1 aromatic carbocycles. The summed E-state index contributed by atoms with van der Waals surface area (Å²) >= 11 is 0. The Morgan fingerprint density at radius 1 is 1.24 bits per heavy atom. The molecule has 1 saturated carbocycles. The molecule has 3 aliphatic rings. The average Bonchev–Trinajstić information content (AvgIpc) is 3.73. The number of hydrogen-bond donors (Lipinski definition) is 1. The van der Waals surface area contributed by atoms with Crippen molar-refractivity contribution in [2.45, 2.75) is 78.0 Å². The molecule has 8 nitrogen and oxygen atoms in total. The lowest BCUT2D eigenvalue weighted by Crippen LogP contribution is -2.58. The predicted molar refractivity (Wildman–Crippen MR) is 148 cm³/mol. The summed E-state index contributed by atoms with van der Waals surface area (Å²) in [4.78, 5) is 22.7. The normalized spacial score (nSPS) is 20.6. The number of fused-ring (bicyclic) bond motifs is 1. The molecule has 1 saturated heterocycles. The summed E-state index contributed by atoms with van der Waals surface area (Å²) in [5.74, 6) is 2.26. The van der Waals surface area contributed by atoms with E-state index in [2.05, 4.69) is 44.0 Å². The molecule has 2 amide bonds. The molecule has 0 bridgehead atoms. The lowest BCUT2D eigenvalue weighted by atomic mass is 9.87. The summed E-state index contributed by atoms with van der Waals surface area (Å²) in [7, 11) is 0. The number of nitriles is 1. The van der Waals surface area contributed by atoms with Gasteiger partial charge >= 0.3 is 6.03 Å². The van der Waals surface area contributed by atoms with Crippen LogP contribution < -0.4 is 15.0 Å². The van der Waals surface area contributed by atoms with Crippen molar-refractivity contribution in [2.75, 3.05) is 36.5 Å². The Hall–Kier alpha value is -3.31. The molecule has 8 heteroatoms. The molecule has 1 N–H and O–H groups in total. The van der Waals surface area contributed by atoms with Gasteiger partial charge in [-0.2, -0.15) is 5.26 Å². The Kier molecular flexibility index (Phi) is 7.23. The van der Waals surface area contributed by atoms with Crippen LogP contribution in [0.4, 0.5) is 16.3 Å². The standard InChI is InChI=1S/C30H39N5O3/c1-6-37-22-11-9-21(10-12-22)32-29(36)35-14-13-34(17-26(35)19(2)3)28-24(16-31)23-15-30(4,5)38-18-25(23)27(33-28)20-7-8-20/h9-12,19-20,26H,6-8,13-15,17-18H2,1-5H3,(H,32,36)/t26-/m0/s1. The minimum atomic E-state index is -0.309. The van der Waals surface area contributed by atoms with Gasteiger partial charge in [0.2, 0.25) is 0 Å². The summed E-state index contributed by atoms with van der Waals surface area (Å²) in [6.45, 7) is 13.4. The first kappa shape index (κ1) is 26.3. The Morgan fingerprint density at radius 3 is 2.61 bits per heavy atom. The van der Waals surface area contributed by atoms with Crippen LogP contribution in [0.2, 0.25) is 0 Å². The van der Waals surface area contributed by atoms with E-state index in [4.69, 9.17) is 14.5 Å². The number of pyridine rings is 1. The number of urea groups is 1. The Labute approximate surface area is 225 Å². The zero-order chi connectivity index (χ0) is 27.0. The van der Waals surface area contributed by atoms with Crippen LogP contribution in [0.1, 0.15) is 75.8 Å². The van der Waals surface area contributed by atoms with Crippen molar-refractivity contribution >= 4 is 17.5 Å². The quantitative estimate of drug-likeness (QED) is 0.547. The highest BCUT2D eigenvalue weighted by molar-refractivity contribution is 5.90. The molecule has 2 fully saturated rings. The number of anilines is 2. The first-order valence-corrected chi connectivity index (χ1v) is 13.9. The van der Waals surface area contributed by atoms with Gasteiger partial charge in [0, 0.05) is 43.2 Å². The Morgan fingerprint density at radius 2 is 1.97 bits per heavy atom. The molecule has 2 aromatic rings. The van der Waals surface area contributed by atoms with Gasteiger partial charge in [-0.05, 0) is 69.4 Å². The third-order valence-electron chi connectivity index (χ3n) is 7.88. The second-order valence-electron chi connectivity index (χ2n) is 11.6. The molecule has 1 aliphatic carbocycles. The van der Waals surface area contributed by atoms with Gasteiger partial charge in [-0.15, -0.1) is 0 Å². The molecule has 2 aliphatic heterocycles. The molecule has 1 aromatic heterocycles. The van der Waals surface area contributed by atoms with Crippen LogP contribution in [-0.4, -0.2) is 53.8 Å². The number of amides is 2. The van der Waals surface area contributed by atoms with Crippen LogP contribution in [0.15, 0.2) is 24.3 Å². The van der Waals surface area contributed by atoms with Gasteiger partial charge in [0.1, 0.15) is 17.6 Å². The molecule has 3 heterocycles. The van der Waals surface area contributed by atoms with E-state index in [0.29, 0.717) is 50.8 Å². The van der Waals surface area contributed by atoms with E-state index in [1.165, 1.54) is 0 Å². The van der Waals surface area contributed by atoms with E-state index in [9.17, 15) is 10.1 Å². The number of piperazine rings is 1. The van der Waals surface area contributed by atoms with Crippen molar-refractivity contribution in [3.05, 3.63) is 46.6 Å². The minimum absolute atomic E-state index is 0.0139. The third kappa shape index (κ3) is 5.30. The van der Waals surface area contributed by atoms with Crippen LogP contribution in [0.25, 0.3) is 0 Å². The first-order valence-electron chi connectivity index (χ1n) is 13.9. The van der Waals surface area contributed by atoms with Crippen LogP contribution in [0.5, 0.6) is 5.75 Å². The van der Waals surface area contributed by atoms with Crippen LogP contribution in [-0.2, 0) is 17.8 Å². The highest BCUT2D eigenvalue weighted by Crippen LogP contribution is 2.46. The molecule has 0 spiro atoms. The summed E-state index contributed by atoms with van der Waals surface area (Å²) < 4.78 is 11.6. The van der Waals surface area contributed by atoms with Crippen molar-refractivity contribution in [2.24, 2.45) is 5.92 Å². The van der Waals surface area contributed by atoms with Gasteiger partial charge < -0.3 is 24.6 Å². The number of nitrogens with zero attached hydrogens (tertiary/aromatic N) is 4. The Bertz CT molecular complexity index is 1230. The van der Waals surface area contributed by atoms with Gasteiger partial charge in [0.05, 0.1) is 36.1 Å². The maximum Gasteiger partial charge on any atom is 0.322 e. The van der Waals surface area contributed by atoms with Gasteiger partial charge in [-0.1, -0.05) is 13.8 Å². The van der Waals surface area contributed by atoms with Crippen molar-refractivity contribution in [3.8, 4) is 11.8 Å². The van der Waals surface area contributed by atoms with E-state index in [0.717, 1.165) is 46.9 Å². The predicted octanol–water partition coefficient (Wildman–Crippen LogP) is 5.46. The number of hydrogen-bond acceptors (Lipinski definition) is 6. The molecule has 38 heavy (non-hydrogen) atoms. The van der Waals surface area contributed by atoms with Crippen molar-refractivity contribution in [1.29, 1.82) is 5.26 Å². The van der Waals surface area contributed by atoms with Gasteiger partial charge in [-0.25, -0.2) is 9.78 Å². The fourth-order valence-corrected chi connectivity index (χ4v) is 5.64. The molecular formula is C30H39N5O3. The zero-order valence-electron chi connectivity index (χ0n) is 23.2. The number of nitrogens with one attached hydrogen (secondary N) is 1. The van der Waals surface area contributed by atoms with Crippen LogP contribution in [0.3, 0.4) is 0 Å². The van der Waals surface area contributed by atoms with Crippen molar-refractivity contribution in [3.63, 3.8) is 0 Å². The maximum absolute atomic E-state index is 13.4. The molecule has 5 rings (SSSR count). The van der Waals surface area contributed by atoms with E-state index in [1.807, 2.05) is 36.1 Å². The maximum atomic E-state index is 13.4. The van der Waals surface area contributed by atoms with E-state index in [-0.39, 0.29) is 23.6 Å². The average molecular weight is 518 g/mol.